The van der Waals surface area contributed by atoms with Crippen molar-refractivity contribution in [1.82, 2.24) is 15.0 Å². The van der Waals surface area contributed by atoms with Crippen LogP contribution in [0.1, 0.15) is 11.5 Å². The Labute approximate surface area is 102 Å². The zero-order valence-electron chi connectivity index (χ0n) is 8.81. The fraction of sp³-hybridized carbons (Fsp3) is 0.182. The second-order valence-corrected chi connectivity index (χ2v) is 4.16. The Hall–Kier alpha value is -1.49. The van der Waals surface area contributed by atoms with Gasteiger partial charge < -0.3 is 5.32 Å². The number of pyridine rings is 1. The van der Waals surface area contributed by atoms with Gasteiger partial charge in [-0.2, -0.15) is 0 Å². The number of anilines is 1. The van der Waals surface area contributed by atoms with E-state index in [-0.39, 0.29) is 0 Å². The number of aryl methyl sites for hydroxylation is 1. The summed E-state index contributed by atoms with van der Waals surface area (Å²) in [5.41, 5.74) is 1.97. The Bertz CT molecular complexity index is 487. The molecule has 2 heterocycles. The van der Waals surface area contributed by atoms with Crippen LogP contribution >= 0.6 is 15.9 Å². The summed E-state index contributed by atoms with van der Waals surface area (Å²) in [7, 11) is 0. The predicted octanol–water partition coefficient (Wildman–Crippen LogP) is 2.55. The maximum absolute atomic E-state index is 4.31. The number of aromatic nitrogens is 3. The van der Waals surface area contributed by atoms with Crippen molar-refractivity contribution < 1.29 is 0 Å². The summed E-state index contributed by atoms with van der Waals surface area (Å²) >= 11 is 3.43. The average Bonchev–Trinajstić information content (AvgIpc) is 2.28. The third kappa shape index (κ3) is 2.76. The molecular formula is C11H11BrN4. The maximum Gasteiger partial charge on any atom is 0.125 e. The van der Waals surface area contributed by atoms with Gasteiger partial charge in [0, 0.05) is 18.6 Å². The van der Waals surface area contributed by atoms with Crippen LogP contribution in [0, 0.1) is 6.92 Å². The SMILES string of the molecule is Cc1nccc(CNc2ccncc2Br)n1. The van der Waals surface area contributed by atoms with Gasteiger partial charge in [-0.05, 0) is 35.0 Å². The Morgan fingerprint density at radius 3 is 2.94 bits per heavy atom. The zero-order valence-corrected chi connectivity index (χ0v) is 10.4. The number of nitrogens with one attached hydrogen (secondary N) is 1. The fourth-order valence-corrected chi connectivity index (χ4v) is 1.70. The van der Waals surface area contributed by atoms with Crippen molar-refractivity contribution in [3.05, 3.63) is 46.7 Å². The molecule has 4 nitrogen and oxygen atoms in total. The minimum absolute atomic E-state index is 0.673. The molecule has 0 atom stereocenters. The van der Waals surface area contributed by atoms with Crippen molar-refractivity contribution in [2.24, 2.45) is 0 Å². The van der Waals surface area contributed by atoms with E-state index in [0.29, 0.717) is 6.54 Å². The number of nitrogens with zero attached hydrogens (tertiary/aromatic N) is 3. The van der Waals surface area contributed by atoms with Gasteiger partial charge in [-0.15, -0.1) is 0 Å². The van der Waals surface area contributed by atoms with Gasteiger partial charge in [0.25, 0.3) is 0 Å². The van der Waals surface area contributed by atoms with Crippen LogP contribution in [0.15, 0.2) is 35.2 Å². The Balaban J connectivity index is 2.05. The van der Waals surface area contributed by atoms with Crippen LogP contribution in [-0.2, 0) is 6.54 Å². The molecular weight excluding hydrogens is 268 g/mol. The molecule has 1 N–H and O–H groups in total. The van der Waals surface area contributed by atoms with Crippen molar-refractivity contribution in [2.45, 2.75) is 13.5 Å². The Morgan fingerprint density at radius 2 is 2.19 bits per heavy atom. The first-order chi connectivity index (χ1) is 7.75. The van der Waals surface area contributed by atoms with Crippen LogP contribution in [-0.4, -0.2) is 15.0 Å². The van der Waals surface area contributed by atoms with Gasteiger partial charge in [0.15, 0.2) is 0 Å². The van der Waals surface area contributed by atoms with Crippen molar-refractivity contribution in [2.75, 3.05) is 5.32 Å². The molecule has 16 heavy (non-hydrogen) atoms. The van der Waals surface area contributed by atoms with E-state index in [4.69, 9.17) is 0 Å². The third-order valence-electron chi connectivity index (χ3n) is 2.07. The first-order valence-electron chi connectivity index (χ1n) is 4.87. The van der Waals surface area contributed by atoms with Gasteiger partial charge in [-0.1, -0.05) is 0 Å². The van der Waals surface area contributed by atoms with Crippen LogP contribution < -0.4 is 5.32 Å². The van der Waals surface area contributed by atoms with Crippen LogP contribution in [0.5, 0.6) is 0 Å². The molecule has 2 aromatic rings. The quantitative estimate of drug-likeness (QED) is 0.938. The van der Waals surface area contributed by atoms with E-state index in [9.17, 15) is 0 Å². The minimum atomic E-state index is 0.673. The highest BCUT2D eigenvalue weighted by molar-refractivity contribution is 9.10. The average molecular weight is 279 g/mol. The summed E-state index contributed by atoms with van der Waals surface area (Å²) in [6, 6.07) is 3.81. The number of halogens is 1. The summed E-state index contributed by atoms with van der Waals surface area (Å²) < 4.78 is 0.945. The molecule has 0 aliphatic carbocycles. The molecule has 82 valence electrons. The highest BCUT2D eigenvalue weighted by atomic mass is 79.9. The monoisotopic (exact) mass is 278 g/mol. The predicted molar refractivity (Wildman–Crippen MR) is 66.0 cm³/mol. The molecule has 0 aromatic carbocycles. The van der Waals surface area contributed by atoms with Gasteiger partial charge in [0.1, 0.15) is 5.82 Å². The van der Waals surface area contributed by atoms with Gasteiger partial charge in [0.05, 0.1) is 22.4 Å². The van der Waals surface area contributed by atoms with Crippen molar-refractivity contribution >= 4 is 21.6 Å². The second-order valence-electron chi connectivity index (χ2n) is 3.30. The molecule has 0 bridgehead atoms. The zero-order chi connectivity index (χ0) is 11.4. The van der Waals surface area contributed by atoms with E-state index >= 15 is 0 Å². The summed E-state index contributed by atoms with van der Waals surface area (Å²) in [6.07, 6.45) is 5.27. The van der Waals surface area contributed by atoms with Crippen molar-refractivity contribution in [1.29, 1.82) is 0 Å². The lowest BCUT2D eigenvalue weighted by atomic mass is 10.3. The summed E-state index contributed by atoms with van der Waals surface area (Å²) in [5.74, 6) is 0.785. The van der Waals surface area contributed by atoms with Crippen LogP contribution in [0.4, 0.5) is 5.69 Å². The molecule has 0 unspecified atom stereocenters. The molecule has 2 aromatic heterocycles. The lowest BCUT2D eigenvalue weighted by Gasteiger charge is -2.07. The molecule has 0 aliphatic rings. The topological polar surface area (TPSA) is 50.7 Å². The third-order valence-corrected chi connectivity index (χ3v) is 2.70. The molecule has 5 heteroatoms. The van der Waals surface area contributed by atoms with Gasteiger partial charge >= 0.3 is 0 Å². The highest BCUT2D eigenvalue weighted by Crippen LogP contribution is 2.20. The molecule has 0 saturated heterocycles. The Morgan fingerprint density at radius 1 is 1.31 bits per heavy atom. The summed E-state index contributed by atoms with van der Waals surface area (Å²) in [5, 5.41) is 3.28. The Kier molecular flexibility index (Phi) is 3.46. The first-order valence-corrected chi connectivity index (χ1v) is 5.67. The van der Waals surface area contributed by atoms with Crippen LogP contribution in [0.2, 0.25) is 0 Å². The van der Waals surface area contributed by atoms with Crippen molar-refractivity contribution in [3.8, 4) is 0 Å². The second kappa shape index (κ2) is 5.03. The number of hydrogen-bond acceptors (Lipinski definition) is 4. The number of rotatable bonds is 3. The molecule has 2 rings (SSSR count). The molecule has 0 aliphatic heterocycles. The molecule has 0 amide bonds. The molecule has 0 spiro atoms. The van der Waals surface area contributed by atoms with E-state index in [1.807, 2.05) is 19.1 Å². The minimum Gasteiger partial charge on any atom is -0.378 e. The standard InChI is InChI=1S/C11H11BrN4/c1-8-14-5-2-9(16-8)6-15-11-3-4-13-7-10(11)12/h2-5,7H,6H2,1H3,(H,13,15). The van der Waals surface area contributed by atoms with Crippen LogP contribution in [0.25, 0.3) is 0 Å². The maximum atomic E-state index is 4.31. The summed E-state index contributed by atoms with van der Waals surface area (Å²) in [4.78, 5) is 12.4. The largest absolute Gasteiger partial charge is 0.378 e. The van der Waals surface area contributed by atoms with Crippen molar-refractivity contribution in [3.63, 3.8) is 0 Å². The van der Waals surface area contributed by atoms with E-state index in [1.54, 1.807) is 18.6 Å². The summed E-state index contributed by atoms with van der Waals surface area (Å²) in [6.45, 7) is 2.55. The molecule has 0 saturated carbocycles. The highest BCUT2D eigenvalue weighted by Gasteiger charge is 1.99. The lowest BCUT2D eigenvalue weighted by molar-refractivity contribution is 0.954. The first kappa shape index (κ1) is 11.0. The van der Waals surface area contributed by atoms with E-state index < -0.39 is 0 Å². The number of hydrogen-bond donors (Lipinski definition) is 1. The smallest absolute Gasteiger partial charge is 0.125 e. The van der Waals surface area contributed by atoms with Gasteiger partial charge in [-0.3, -0.25) is 4.98 Å². The normalized spacial score (nSPS) is 10.1. The van der Waals surface area contributed by atoms with E-state index in [0.717, 1.165) is 21.7 Å². The molecule has 0 fully saturated rings. The van der Waals surface area contributed by atoms with Gasteiger partial charge in [0.2, 0.25) is 0 Å². The van der Waals surface area contributed by atoms with Crippen LogP contribution in [0.3, 0.4) is 0 Å². The fourth-order valence-electron chi connectivity index (χ4n) is 1.31. The van der Waals surface area contributed by atoms with Gasteiger partial charge in [-0.25, -0.2) is 9.97 Å². The van der Waals surface area contributed by atoms with E-state index in [2.05, 4.69) is 36.2 Å². The lowest BCUT2D eigenvalue weighted by Crippen LogP contribution is -2.03. The van der Waals surface area contributed by atoms with E-state index in [1.165, 1.54) is 0 Å². The molecule has 0 radical (unpaired) electrons.